The fourth-order valence-electron chi connectivity index (χ4n) is 1.75. The van der Waals surface area contributed by atoms with Crippen molar-refractivity contribution < 1.29 is 13.2 Å². The predicted octanol–water partition coefficient (Wildman–Crippen LogP) is 0.660. The summed E-state index contributed by atoms with van der Waals surface area (Å²) in [4.78, 5) is 3.94. The van der Waals surface area contributed by atoms with E-state index in [1.165, 1.54) is 29.9 Å². The fourth-order valence-corrected chi connectivity index (χ4v) is 3.44. The largest absolute Gasteiger partial charge is 0.383 e. The van der Waals surface area contributed by atoms with E-state index in [0.717, 1.165) is 0 Å². The van der Waals surface area contributed by atoms with E-state index < -0.39 is 10.0 Å². The Hall–Kier alpha value is -1.22. The lowest BCUT2D eigenvalue weighted by molar-refractivity contribution is 0.175. The van der Waals surface area contributed by atoms with Gasteiger partial charge in [0.25, 0.3) is 0 Å². The van der Waals surface area contributed by atoms with Crippen LogP contribution in [0.1, 0.15) is 13.8 Å². The van der Waals surface area contributed by atoms with Gasteiger partial charge >= 0.3 is 0 Å². The van der Waals surface area contributed by atoms with Crippen molar-refractivity contribution in [2.75, 3.05) is 32.2 Å². The molecule has 0 aliphatic heterocycles. The second-order valence-corrected chi connectivity index (χ2v) is 6.67. The molecule has 0 saturated heterocycles. The fraction of sp³-hybridized carbons (Fsp3) is 0.583. The Morgan fingerprint density at radius 1 is 1.50 bits per heavy atom. The lowest BCUT2D eigenvalue weighted by Crippen LogP contribution is -2.37. The standard InChI is InChI=1S/C12H22N4O3S/c1-10(2)9-16(6-7-19-3)20(17,18)12-8-14-5-4-11(12)15-13/h4-5,8,10H,6-7,9,13H2,1-3H3,(H,14,15). The van der Waals surface area contributed by atoms with E-state index in [1.807, 2.05) is 13.8 Å². The van der Waals surface area contributed by atoms with Crippen LogP contribution >= 0.6 is 0 Å². The van der Waals surface area contributed by atoms with E-state index in [0.29, 0.717) is 18.8 Å². The molecule has 1 rings (SSSR count). The topological polar surface area (TPSA) is 97.5 Å². The van der Waals surface area contributed by atoms with Gasteiger partial charge < -0.3 is 10.2 Å². The van der Waals surface area contributed by atoms with Crippen LogP contribution in [0.4, 0.5) is 5.69 Å². The number of hydrazine groups is 1. The van der Waals surface area contributed by atoms with Crippen molar-refractivity contribution in [3.05, 3.63) is 18.5 Å². The van der Waals surface area contributed by atoms with Crippen molar-refractivity contribution in [1.82, 2.24) is 9.29 Å². The maximum Gasteiger partial charge on any atom is 0.246 e. The Balaban J connectivity index is 3.14. The average Bonchev–Trinajstić information content (AvgIpc) is 2.42. The van der Waals surface area contributed by atoms with E-state index in [2.05, 4.69) is 10.4 Å². The number of hydrogen-bond donors (Lipinski definition) is 2. The van der Waals surface area contributed by atoms with Crippen LogP contribution < -0.4 is 11.3 Å². The number of nitrogen functional groups attached to an aromatic ring is 1. The summed E-state index contributed by atoms with van der Waals surface area (Å²) in [6.07, 6.45) is 2.78. The highest BCUT2D eigenvalue weighted by molar-refractivity contribution is 7.89. The zero-order valence-corrected chi connectivity index (χ0v) is 12.9. The van der Waals surface area contributed by atoms with Crippen molar-refractivity contribution >= 4 is 15.7 Å². The van der Waals surface area contributed by atoms with Gasteiger partial charge in [0.05, 0.1) is 12.3 Å². The van der Waals surface area contributed by atoms with Crippen LogP contribution in [0.15, 0.2) is 23.4 Å². The van der Waals surface area contributed by atoms with Crippen LogP contribution in [0.3, 0.4) is 0 Å². The molecular formula is C12H22N4O3S. The molecule has 0 aliphatic carbocycles. The van der Waals surface area contributed by atoms with E-state index in [4.69, 9.17) is 10.6 Å². The SMILES string of the molecule is COCCN(CC(C)C)S(=O)(=O)c1cnccc1NN. The first kappa shape index (κ1) is 16.8. The molecule has 1 heterocycles. The summed E-state index contributed by atoms with van der Waals surface area (Å²) in [6, 6.07) is 1.52. The van der Waals surface area contributed by atoms with Gasteiger partial charge in [0.1, 0.15) is 4.90 Å². The summed E-state index contributed by atoms with van der Waals surface area (Å²) in [7, 11) is -2.12. The molecule has 0 aromatic carbocycles. The van der Waals surface area contributed by atoms with Crippen LogP contribution in [0.5, 0.6) is 0 Å². The van der Waals surface area contributed by atoms with Gasteiger partial charge in [0.2, 0.25) is 10.0 Å². The summed E-state index contributed by atoms with van der Waals surface area (Å²) < 4.78 is 31.7. The number of nitrogens with zero attached hydrogens (tertiary/aromatic N) is 2. The van der Waals surface area contributed by atoms with Gasteiger partial charge in [0, 0.05) is 32.6 Å². The molecule has 8 heteroatoms. The molecule has 0 aliphatic rings. The quantitative estimate of drug-likeness (QED) is 0.541. The third-order valence-electron chi connectivity index (χ3n) is 2.67. The van der Waals surface area contributed by atoms with Gasteiger partial charge in [-0.15, -0.1) is 0 Å². The molecule has 3 N–H and O–H groups in total. The summed E-state index contributed by atoms with van der Waals surface area (Å²) in [5.74, 6) is 5.56. The van der Waals surface area contributed by atoms with Crippen LogP contribution in [0.25, 0.3) is 0 Å². The third kappa shape index (κ3) is 4.14. The number of rotatable bonds is 8. The molecule has 0 fully saturated rings. The Morgan fingerprint density at radius 2 is 2.20 bits per heavy atom. The highest BCUT2D eigenvalue weighted by Gasteiger charge is 2.27. The van der Waals surface area contributed by atoms with Crippen LogP contribution in [0, 0.1) is 5.92 Å². The van der Waals surface area contributed by atoms with E-state index in [-0.39, 0.29) is 17.4 Å². The normalized spacial score (nSPS) is 12.1. The zero-order chi connectivity index (χ0) is 15.2. The first-order valence-corrected chi connectivity index (χ1v) is 7.77. The van der Waals surface area contributed by atoms with Crippen LogP contribution in [-0.4, -0.2) is 44.5 Å². The summed E-state index contributed by atoms with van der Waals surface area (Å²) in [5, 5.41) is 0. The van der Waals surface area contributed by atoms with Gasteiger partial charge in [0.15, 0.2) is 0 Å². The van der Waals surface area contributed by atoms with E-state index >= 15 is 0 Å². The number of nitrogens with two attached hydrogens (primary N) is 1. The Labute approximate surface area is 120 Å². The van der Waals surface area contributed by atoms with Gasteiger partial charge in [-0.05, 0) is 12.0 Å². The van der Waals surface area contributed by atoms with Crippen molar-refractivity contribution in [2.45, 2.75) is 18.7 Å². The summed E-state index contributed by atoms with van der Waals surface area (Å²) in [5.41, 5.74) is 2.71. The van der Waals surface area contributed by atoms with Gasteiger partial charge in [-0.2, -0.15) is 4.31 Å². The maximum absolute atomic E-state index is 12.7. The number of nitrogens with one attached hydrogen (secondary N) is 1. The molecule has 0 spiro atoms. The molecule has 0 bridgehead atoms. The molecule has 1 aromatic heterocycles. The molecule has 20 heavy (non-hydrogen) atoms. The average molecular weight is 302 g/mol. The molecule has 1 aromatic rings. The highest BCUT2D eigenvalue weighted by Crippen LogP contribution is 2.23. The van der Waals surface area contributed by atoms with Gasteiger partial charge in [-0.25, -0.2) is 8.42 Å². The highest BCUT2D eigenvalue weighted by atomic mass is 32.2. The molecule has 0 unspecified atom stereocenters. The van der Waals surface area contributed by atoms with Crippen molar-refractivity contribution in [2.24, 2.45) is 11.8 Å². The second-order valence-electron chi connectivity index (χ2n) is 4.77. The first-order chi connectivity index (χ1) is 9.43. The number of hydrogen-bond acceptors (Lipinski definition) is 6. The van der Waals surface area contributed by atoms with Crippen molar-refractivity contribution in [3.63, 3.8) is 0 Å². The first-order valence-electron chi connectivity index (χ1n) is 6.33. The van der Waals surface area contributed by atoms with Crippen LogP contribution in [-0.2, 0) is 14.8 Å². The van der Waals surface area contributed by atoms with Crippen molar-refractivity contribution in [3.8, 4) is 0 Å². The Bertz CT molecular complexity index is 519. The minimum absolute atomic E-state index is 0.0688. The molecule has 114 valence electrons. The molecule has 0 amide bonds. The zero-order valence-electron chi connectivity index (χ0n) is 12.0. The summed E-state index contributed by atoms with van der Waals surface area (Å²) >= 11 is 0. The minimum atomic E-state index is -3.66. The number of methoxy groups -OCH3 is 1. The van der Waals surface area contributed by atoms with Crippen molar-refractivity contribution in [1.29, 1.82) is 0 Å². The van der Waals surface area contributed by atoms with E-state index in [9.17, 15) is 8.42 Å². The third-order valence-corrected chi connectivity index (χ3v) is 4.56. The number of ether oxygens (including phenoxy) is 1. The molecular weight excluding hydrogens is 280 g/mol. The smallest absolute Gasteiger partial charge is 0.246 e. The summed E-state index contributed by atoms with van der Waals surface area (Å²) in [6.45, 7) is 4.94. The van der Waals surface area contributed by atoms with Gasteiger partial charge in [-0.1, -0.05) is 13.8 Å². The van der Waals surface area contributed by atoms with Crippen LogP contribution in [0.2, 0.25) is 0 Å². The number of anilines is 1. The minimum Gasteiger partial charge on any atom is -0.383 e. The molecule has 0 saturated carbocycles. The number of sulfonamides is 1. The predicted molar refractivity (Wildman–Crippen MR) is 77.5 cm³/mol. The molecule has 7 nitrogen and oxygen atoms in total. The van der Waals surface area contributed by atoms with Gasteiger partial charge in [-0.3, -0.25) is 10.8 Å². The Kier molecular flexibility index (Phi) is 6.34. The van der Waals surface area contributed by atoms with E-state index in [1.54, 1.807) is 0 Å². The monoisotopic (exact) mass is 302 g/mol. The lowest BCUT2D eigenvalue weighted by Gasteiger charge is -2.24. The number of aromatic nitrogens is 1. The maximum atomic E-state index is 12.7. The Morgan fingerprint density at radius 3 is 2.75 bits per heavy atom. The second kappa shape index (κ2) is 7.53. The molecule has 0 atom stereocenters. The molecule has 0 radical (unpaired) electrons. The number of pyridine rings is 1. The lowest BCUT2D eigenvalue weighted by atomic mass is 10.2.